The average Bonchev–Trinajstić information content (AvgIpc) is 2.79. The van der Waals surface area contributed by atoms with Gasteiger partial charge in [-0.05, 0) is 27.7 Å². The van der Waals surface area contributed by atoms with Crippen molar-refractivity contribution in [3.05, 3.63) is 48.1 Å². The second-order valence-electron chi connectivity index (χ2n) is 5.96. The van der Waals surface area contributed by atoms with E-state index in [1.807, 2.05) is 30.3 Å². The molecule has 4 N–H and O–H groups in total. The van der Waals surface area contributed by atoms with Crippen molar-refractivity contribution in [1.82, 2.24) is 0 Å². The molecule has 171 valence electrons. The summed E-state index contributed by atoms with van der Waals surface area (Å²) in [6, 6.07) is 9.87. The second-order valence-corrected chi connectivity index (χ2v) is 5.96. The van der Waals surface area contributed by atoms with Crippen molar-refractivity contribution in [2.75, 3.05) is 13.1 Å². The Bertz CT molecular complexity index is 570. The van der Waals surface area contributed by atoms with Crippen molar-refractivity contribution < 1.29 is 37.6 Å². The Balaban J connectivity index is -0.000000321. The average molecular weight is 466 g/mol. The third kappa shape index (κ3) is 20.2. The number of rotatable bonds is 2. The molecule has 2 rings (SSSR count). The van der Waals surface area contributed by atoms with Crippen molar-refractivity contribution in [2.45, 2.75) is 47.0 Å². The molecule has 0 aromatic heterocycles. The molecule has 9 nitrogen and oxygen atoms in total. The zero-order valence-corrected chi connectivity index (χ0v) is 19.0. The number of hydrogen-bond donors (Lipinski definition) is 4. The van der Waals surface area contributed by atoms with E-state index >= 15 is 0 Å². The Morgan fingerprint density at radius 3 is 1.17 bits per heavy atom. The first-order chi connectivity index (χ1) is 13.8. The maximum atomic E-state index is 8.03. The molecule has 30 heavy (non-hydrogen) atoms. The molecular weight excluding hydrogens is 433 g/mol. The zero-order chi connectivity index (χ0) is 22.5. The Labute approximate surface area is 189 Å². The zero-order valence-electron chi connectivity index (χ0n) is 18.0. The molecule has 0 saturated carbocycles. The largest absolute Gasteiger partial charge is 2.00 e. The summed E-state index contributed by atoms with van der Waals surface area (Å²) < 4.78 is 0. The van der Waals surface area contributed by atoms with Crippen LogP contribution in [0.4, 0.5) is 0 Å². The predicted octanol–water partition coefficient (Wildman–Crippen LogP) is 4.78. The summed E-state index contributed by atoms with van der Waals surface area (Å²) in [5, 5.41) is 47.4. The van der Waals surface area contributed by atoms with Gasteiger partial charge in [-0.1, -0.05) is 46.0 Å². The van der Waals surface area contributed by atoms with Gasteiger partial charge in [0.1, 0.15) is 22.8 Å². The number of piperidine rings is 1. The van der Waals surface area contributed by atoms with Crippen molar-refractivity contribution >= 4 is 22.8 Å². The van der Waals surface area contributed by atoms with Crippen LogP contribution in [0.5, 0.6) is 0 Å². The van der Waals surface area contributed by atoms with Crippen LogP contribution in [0.15, 0.2) is 51.0 Å². The third-order valence-corrected chi connectivity index (χ3v) is 3.62. The van der Waals surface area contributed by atoms with E-state index < -0.39 is 0 Å². The van der Waals surface area contributed by atoms with E-state index in [2.05, 4.69) is 32.9 Å². The smallest absolute Gasteiger partial charge is 0.662 e. The Hall–Kier alpha value is -2.56. The van der Waals surface area contributed by atoms with E-state index in [4.69, 9.17) is 20.8 Å². The SMILES string of the molecule is C1CC[N-]CC1.CC(=N\O)/C(C)=N/O.CC(=N\O)/C(C)=N/O.[CH2-]c1ccccc1.[Co+2]. The van der Waals surface area contributed by atoms with E-state index in [0.29, 0.717) is 22.8 Å². The molecule has 1 radical (unpaired) electrons. The molecule has 10 heteroatoms. The maximum absolute atomic E-state index is 8.03. The van der Waals surface area contributed by atoms with Gasteiger partial charge in [-0.25, -0.2) is 0 Å². The summed E-state index contributed by atoms with van der Waals surface area (Å²) >= 11 is 0. The molecule has 0 unspecified atom stereocenters. The van der Waals surface area contributed by atoms with Gasteiger partial charge < -0.3 is 26.1 Å². The minimum absolute atomic E-state index is 0. The first-order valence-electron chi connectivity index (χ1n) is 9.09. The molecule has 0 atom stereocenters. The molecule has 1 saturated heterocycles. The fraction of sp³-hybridized carbons (Fsp3) is 0.450. The van der Waals surface area contributed by atoms with Crippen LogP contribution in [0.25, 0.3) is 5.32 Å². The summed E-state index contributed by atoms with van der Waals surface area (Å²) in [7, 11) is 0. The number of benzene rings is 1. The van der Waals surface area contributed by atoms with Crippen LogP contribution in [-0.4, -0.2) is 56.8 Å². The molecule has 1 aromatic carbocycles. The first-order valence-corrected chi connectivity index (χ1v) is 9.09. The number of nitrogens with zero attached hydrogens (tertiary/aromatic N) is 5. The van der Waals surface area contributed by atoms with Crippen LogP contribution >= 0.6 is 0 Å². The third-order valence-electron chi connectivity index (χ3n) is 3.62. The van der Waals surface area contributed by atoms with Gasteiger partial charge in [-0.2, -0.15) is 24.6 Å². The van der Waals surface area contributed by atoms with Crippen LogP contribution in [0.2, 0.25) is 0 Å². The first kappa shape index (κ1) is 32.1. The van der Waals surface area contributed by atoms with Gasteiger partial charge in [-0.15, -0.1) is 25.2 Å². The second kappa shape index (κ2) is 22.7. The van der Waals surface area contributed by atoms with Crippen LogP contribution in [0.3, 0.4) is 0 Å². The van der Waals surface area contributed by atoms with Gasteiger partial charge in [0, 0.05) is 0 Å². The fourth-order valence-corrected chi connectivity index (χ4v) is 1.50. The van der Waals surface area contributed by atoms with E-state index in [0.717, 1.165) is 18.7 Å². The van der Waals surface area contributed by atoms with Crippen LogP contribution in [0.1, 0.15) is 52.5 Å². The normalized spacial score (nSPS) is 14.4. The summed E-state index contributed by atoms with van der Waals surface area (Å²) in [5.74, 6) is 0. The molecule has 1 aromatic rings. The topological polar surface area (TPSA) is 144 Å². The Morgan fingerprint density at radius 1 is 0.700 bits per heavy atom. The van der Waals surface area contributed by atoms with E-state index in [1.54, 1.807) is 0 Å². The van der Waals surface area contributed by atoms with Crippen molar-refractivity contribution in [1.29, 1.82) is 0 Å². The summed E-state index contributed by atoms with van der Waals surface area (Å²) in [6.07, 6.45) is 4.07. The Morgan fingerprint density at radius 2 is 1.03 bits per heavy atom. The van der Waals surface area contributed by atoms with Crippen LogP contribution in [0, 0.1) is 6.92 Å². The monoisotopic (exact) mass is 466 g/mol. The van der Waals surface area contributed by atoms with Gasteiger partial charge >= 0.3 is 16.8 Å². The fourth-order valence-electron chi connectivity index (χ4n) is 1.50. The summed E-state index contributed by atoms with van der Waals surface area (Å²) in [6.45, 7) is 12.1. The maximum Gasteiger partial charge on any atom is 2.00 e. The molecule has 0 spiro atoms. The summed E-state index contributed by atoms with van der Waals surface area (Å²) in [4.78, 5) is 0. The molecule has 1 fully saturated rings. The number of hydrogen-bond acceptors (Lipinski definition) is 8. The minimum atomic E-state index is 0. The van der Waals surface area contributed by atoms with Crippen LogP contribution < -0.4 is 0 Å². The van der Waals surface area contributed by atoms with E-state index in [-0.39, 0.29) is 16.8 Å². The van der Waals surface area contributed by atoms with Gasteiger partial charge in [0.05, 0.1) is 0 Å². The van der Waals surface area contributed by atoms with Gasteiger partial charge in [0.25, 0.3) is 0 Å². The Kier molecular flexibility index (Phi) is 24.3. The molecule has 1 aliphatic heterocycles. The predicted molar refractivity (Wildman–Crippen MR) is 117 cm³/mol. The summed E-state index contributed by atoms with van der Waals surface area (Å²) in [5.41, 5.74) is 2.32. The van der Waals surface area contributed by atoms with E-state index in [1.165, 1.54) is 47.0 Å². The van der Waals surface area contributed by atoms with Crippen molar-refractivity contribution in [3.63, 3.8) is 0 Å². The molecule has 0 bridgehead atoms. The van der Waals surface area contributed by atoms with Gasteiger partial charge in [0.2, 0.25) is 0 Å². The quantitative estimate of drug-likeness (QED) is 0.215. The minimum Gasteiger partial charge on any atom is -0.662 e. The molecule has 0 amide bonds. The van der Waals surface area contributed by atoms with Gasteiger partial charge in [0.15, 0.2) is 0 Å². The molecule has 0 aliphatic carbocycles. The van der Waals surface area contributed by atoms with Crippen molar-refractivity contribution in [2.24, 2.45) is 20.6 Å². The van der Waals surface area contributed by atoms with E-state index in [9.17, 15) is 0 Å². The van der Waals surface area contributed by atoms with Crippen molar-refractivity contribution in [3.8, 4) is 0 Å². The molecular formula is C20H33CoN5O4. The molecule has 1 aliphatic rings. The van der Waals surface area contributed by atoms with Gasteiger partial charge in [-0.3, -0.25) is 0 Å². The molecule has 1 heterocycles. The standard InChI is InChI=1S/C7H7.C5H10N.2C4H8N2O2.Co/c1-7-5-3-2-4-6-7;1-2-4-6-5-3-1;2*1-3(5-7)4(2)6-8;/h2-6H,1H2;1-5H2;2*7-8H,1-2H3;/q2*-1;;;+2/b;;2*5-3+,6-4+;. The number of oxime groups is 4. The van der Waals surface area contributed by atoms with Crippen LogP contribution in [-0.2, 0) is 16.8 Å².